The van der Waals surface area contributed by atoms with Gasteiger partial charge in [0.1, 0.15) is 10.8 Å². The largest absolute Gasteiger partial charge is 0.454 e. The van der Waals surface area contributed by atoms with Crippen LogP contribution in [0.25, 0.3) is 0 Å². The normalized spacial score (nSPS) is 15.6. The van der Waals surface area contributed by atoms with Crippen molar-refractivity contribution in [2.45, 2.75) is 18.8 Å². The second-order valence-corrected chi connectivity index (χ2v) is 8.55. The molecular weight excluding hydrogens is 435 g/mol. The molecule has 1 saturated heterocycles. The van der Waals surface area contributed by atoms with E-state index in [4.69, 9.17) is 9.47 Å². The van der Waals surface area contributed by atoms with Crippen molar-refractivity contribution in [1.29, 1.82) is 0 Å². The number of hydrogen-bond donors (Lipinski definition) is 1. The number of halogens is 1. The molecular formula is C22H19FN4O4S. The van der Waals surface area contributed by atoms with Crippen molar-refractivity contribution in [3.8, 4) is 11.5 Å². The third kappa shape index (κ3) is 4.13. The van der Waals surface area contributed by atoms with E-state index >= 15 is 0 Å². The molecule has 10 heteroatoms. The molecule has 2 aromatic carbocycles. The summed E-state index contributed by atoms with van der Waals surface area (Å²) in [5.41, 5.74) is 1.06. The van der Waals surface area contributed by atoms with Crippen LogP contribution in [0, 0.1) is 5.82 Å². The number of carbonyl (C=O) groups is 2. The number of amides is 2. The molecule has 0 bridgehead atoms. The van der Waals surface area contributed by atoms with Crippen molar-refractivity contribution >= 4 is 28.8 Å². The van der Waals surface area contributed by atoms with Gasteiger partial charge in [-0.05, 0) is 49.2 Å². The number of ether oxygens (including phenoxy) is 2. The Morgan fingerprint density at radius 1 is 1.03 bits per heavy atom. The van der Waals surface area contributed by atoms with Gasteiger partial charge in [-0.1, -0.05) is 11.3 Å². The van der Waals surface area contributed by atoms with Crippen LogP contribution in [-0.4, -0.2) is 46.8 Å². The Hall–Kier alpha value is -3.53. The summed E-state index contributed by atoms with van der Waals surface area (Å²) >= 11 is 1.26. The lowest BCUT2D eigenvalue weighted by molar-refractivity contribution is 0.0712. The highest BCUT2D eigenvalue weighted by Crippen LogP contribution is 2.35. The van der Waals surface area contributed by atoms with E-state index in [1.165, 1.54) is 35.6 Å². The van der Waals surface area contributed by atoms with Gasteiger partial charge in [0.05, 0.1) is 0 Å². The lowest BCUT2D eigenvalue weighted by atomic mass is 9.97. The first-order valence-corrected chi connectivity index (χ1v) is 11.0. The fourth-order valence-corrected chi connectivity index (χ4v) is 4.66. The van der Waals surface area contributed by atoms with Gasteiger partial charge in [0, 0.05) is 36.3 Å². The highest BCUT2D eigenvalue weighted by molar-refractivity contribution is 7.13. The van der Waals surface area contributed by atoms with Gasteiger partial charge in [0.15, 0.2) is 11.5 Å². The molecule has 2 amide bonds. The molecule has 2 aliphatic rings. The average molecular weight is 454 g/mol. The number of aromatic nitrogens is 2. The second kappa shape index (κ2) is 8.54. The van der Waals surface area contributed by atoms with Crippen LogP contribution < -0.4 is 14.8 Å². The van der Waals surface area contributed by atoms with Crippen molar-refractivity contribution in [3.05, 3.63) is 63.9 Å². The average Bonchev–Trinajstić information content (AvgIpc) is 3.49. The fraction of sp³-hybridized carbons (Fsp3) is 0.273. The Bertz CT molecular complexity index is 1160. The maximum absolute atomic E-state index is 13.1. The molecule has 164 valence electrons. The lowest BCUT2D eigenvalue weighted by Crippen LogP contribution is -2.37. The quantitative estimate of drug-likeness (QED) is 0.647. The zero-order chi connectivity index (χ0) is 22.1. The number of nitrogens with one attached hydrogen (secondary N) is 1. The van der Waals surface area contributed by atoms with Crippen LogP contribution in [0.3, 0.4) is 0 Å². The summed E-state index contributed by atoms with van der Waals surface area (Å²) in [6, 6.07) is 10.8. The summed E-state index contributed by atoms with van der Waals surface area (Å²) in [5.74, 6) is 0.556. The SMILES string of the molecule is O=C(Nc1ccc2c(c1)OCO2)c1nnc(C2CCN(C(=O)c3ccc(F)cc3)CC2)s1. The molecule has 3 aromatic rings. The van der Waals surface area contributed by atoms with Crippen LogP contribution >= 0.6 is 11.3 Å². The smallest absolute Gasteiger partial charge is 0.286 e. The number of nitrogens with zero attached hydrogens (tertiary/aromatic N) is 3. The number of anilines is 1. The molecule has 1 aromatic heterocycles. The molecule has 0 spiro atoms. The van der Waals surface area contributed by atoms with Gasteiger partial charge in [-0.15, -0.1) is 10.2 Å². The predicted octanol–water partition coefficient (Wildman–Crippen LogP) is 3.68. The number of likely N-dealkylation sites (tertiary alicyclic amines) is 1. The van der Waals surface area contributed by atoms with Gasteiger partial charge in [0.2, 0.25) is 11.8 Å². The van der Waals surface area contributed by atoms with Crippen molar-refractivity contribution in [1.82, 2.24) is 15.1 Å². The van der Waals surface area contributed by atoms with Gasteiger partial charge in [0.25, 0.3) is 11.8 Å². The standard InChI is InChI=1S/C22H19FN4O4S/c23-15-3-1-14(2-4-15)22(29)27-9-7-13(8-10-27)20-25-26-21(32-20)19(28)24-16-5-6-17-18(11-16)31-12-30-17/h1-6,11,13H,7-10,12H2,(H,24,28). The molecule has 1 fully saturated rings. The first kappa shape index (κ1) is 20.4. The molecule has 0 radical (unpaired) electrons. The minimum atomic E-state index is -0.366. The zero-order valence-electron chi connectivity index (χ0n) is 16.9. The van der Waals surface area contributed by atoms with E-state index in [0.29, 0.717) is 35.8 Å². The topological polar surface area (TPSA) is 93.7 Å². The fourth-order valence-electron chi connectivity index (χ4n) is 3.75. The second-order valence-electron chi connectivity index (χ2n) is 7.54. The van der Waals surface area contributed by atoms with Crippen LogP contribution in [-0.2, 0) is 0 Å². The summed E-state index contributed by atoms with van der Waals surface area (Å²) < 4.78 is 23.7. The summed E-state index contributed by atoms with van der Waals surface area (Å²) in [6.45, 7) is 1.30. The third-order valence-corrected chi connectivity index (χ3v) is 6.57. The highest BCUT2D eigenvalue weighted by atomic mass is 32.1. The first-order valence-electron chi connectivity index (χ1n) is 10.2. The Balaban J connectivity index is 1.18. The van der Waals surface area contributed by atoms with E-state index in [1.54, 1.807) is 23.1 Å². The van der Waals surface area contributed by atoms with Gasteiger partial charge in [-0.2, -0.15) is 0 Å². The predicted molar refractivity (Wildman–Crippen MR) is 115 cm³/mol. The van der Waals surface area contributed by atoms with E-state index < -0.39 is 0 Å². The summed E-state index contributed by atoms with van der Waals surface area (Å²) in [6.07, 6.45) is 1.46. The van der Waals surface area contributed by atoms with Gasteiger partial charge >= 0.3 is 0 Å². The Morgan fingerprint density at radius 3 is 2.56 bits per heavy atom. The number of piperidine rings is 1. The van der Waals surface area contributed by atoms with Crippen molar-refractivity contribution in [2.24, 2.45) is 0 Å². The minimum Gasteiger partial charge on any atom is -0.454 e. The van der Waals surface area contributed by atoms with Crippen LogP contribution in [0.4, 0.5) is 10.1 Å². The Kier molecular flexibility index (Phi) is 5.44. The Morgan fingerprint density at radius 2 is 1.78 bits per heavy atom. The minimum absolute atomic E-state index is 0.107. The van der Waals surface area contributed by atoms with E-state index in [1.807, 2.05) is 0 Å². The monoisotopic (exact) mass is 454 g/mol. The van der Waals surface area contributed by atoms with Crippen LogP contribution in [0.1, 0.15) is 43.9 Å². The number of rotatable bonds is 4. The number of fused-ring (bicyclic) bond motifs is 1. The van der Waals surface area contributed by atoms with Gasteiger partial charge in [-0.3, -0.25) is 9.59 Å². The maximum atomic E-state index is 13.1. The van der Waals surface area contributed by atoms with Crippen molar-refractivity contribution in [3.63, 3.8) is 0 Å². The number of carbonyl (C=O) groups excluding carboxylic acids is 2. The Labute approximate surface area is 187 Å². The third-order valence-electron chi connectivity index (χ3n) is 5.49. The van der Waals surface area contributed by atoms with E-state index in [-0.39, 0.29) is 35.4 Å². The molecule has 8 nitrogen and oxygen atoms in total. The molecule has 0 unspecified atom stereocenters. The zero-order valence-corrected chi connectivity index (χ0v) is 17.7. The van der Waals surface area contributed by atoms with Gasteiger partial charge in [-0.25, -0.2) is 4.39 Å². The molecule has 0 saturated carbocycles. The highest BCUT2D eigenvalue weighted by Gasteiger charge is 2.27. The lowest BCUT2D eigenvalue weighted by Gasteiger charge is -2.31. The molecule has 2 aliphatic heterocycles. The van der Waals surface area contributed by atoms with E-state index in [9.17, 15) is 14.0 Å². The van der Waals surface area contributed by atoms with Gasteiger partial charge < -0.3 is 19.7 Å². The molecule has 0 atom stereocenters. The van der Waals surface area contributed by atoms with Crippen LogP contribution in [0.2, 0.25) is 0 Å². The molecule has 3 heterocycles. The number of hydrogen-bond acceptors (Lipinski definition) is 7. The molecule has 32 heavy (non-hydrogen) atoms. The first-order chi connectivity index (χ1) is 15.6. The molecule has 5 rings (SSSR count). The molecule has 1 N–H and O–H groups in total. The van der Waals surface area contributed by atoms with E-state index in [0.717, 1.165) is 17.8 Å². The van der Waals surface area contributed by atoms with Crippen LogP contribution in [0.15, 0.2) is 42.5 Å². The van der Waals surface area contributed by atoms with E-state index in [2.05, 4.69) is 15.5 Å². The van der Waals surface area contributed by atoms with Crippen molar-refractivity contribution in [2.75, 3.05) is 25.2 Å². The molecule has 0 aliphatic carbocycles. The summed E-state index contributed by atoms with van der Waals surface area (Å²) in [7, 11) is 0. The number of benzene rings is 2. The summed E-state index contributed by atoms with van der Waals surface area (Å²) in [4.78, 5) is 26.9. The maximum Gasteiger partial charge on any atom is 0.286 e. The van der Waals surface area contributed by atoms with Crippen LogP contribution in [0.5, 0.6) is 11.5 Å². The van der Waals surface area contributed by atoms with Crippen molar-refractivity contribution < 1.29 is 23.5 Å². The summed E-state index contributed by atoms with van der Waals surface area (Å²) in [5, 5.41) is 12.1.